The van der Waals surface area contributed by atoms with E-state index in [9.17, 15) is 4.21 Å². The minimum absolute atomic E-state index is 0.0951. The molecule has 0 unspecified atom stereocenters. The molecule has 178 valence electrons. The van der Waals surface area contributed by atoms with Crippen molar-refractivity contribution < 1.29 is 13.1 Å². The molecule has 11 heteroatoms. The maximum atomic E-state index is 15.2. The van der Waals surface area contributed by atoms with Crippen molar-refractivity contribution in [3.63, 3.8) is 0 Å². The van der Waals surface area contributed by atoms with E-state index in [2.05, 4.69) is 19.5 Å². The molecule has 3 aromatic rings. The summed E-state index contributed by atoms with van der Waals surface area (Å²) in [6.07, 6.45) is 6.15. The third-order valence-electron chi connectivity index (χ3n) is 6.82. The predicted molar refractivity (Wildman–Crippen MR) is 129 cm³/mol. The molecule has 1 fully saturated rings. The van der Waals surface area contributed by atoms with Crippen LogP contribution in [-0.2, 0) is 15.3 Å². The van der Waals surface area contributed by atoms with Crippen LogP contribution in [0, 0.1) is 5.82 Å². The number of hydrogen-bond acceptors (Lipinski definition) is 8. The maximum absolute atomic E-state index is 15.2. The van der Waals surface area contributed by atoms with Crippen LogP contribution in [0.5, 0.6) is 0 Å². The van der Waals surface area contributed by atoms with E-state index in [0.29, 0.717) is 46.5 Å². The van der Waals surface area contributed by atoms with Gasteiger partial charge in [-0.05, 0) is 38.0 Å². The molecule has 2 N–H and O–H groups in total. The fourth-order valence-corrected chi connectivity index (χ4v) is 8.17. The highest BCUT2D eigenvalue weighted by Gasteiger charge is 2.54. The lowest BCUT2D eigenvalue weighted by Gasteiger charge is -2.42. The van der Waals surface area contributed by atoms with Crippen molar-refractivity contribution in [1.29, 1.82) is 0 Å². The molecule has 0 radical (unpaired) electrons. The molecular formula is C23H24ClFN6O2S. The van der Waals surface area contributed by atoms with Gasteiger partial charge in [0.05, 0.1) is 20.5 Å². The third kappa shape index (κ3) is 3.51. The first-order valence-corrected chi connectivity index (χ1v) is 13.0. The lowest BCUT2D eigenvalue weighted by atomic mass is 9.91. The molecule has 2 atom stereocenters. The van der Waals surface area contributed by atoms with Crippen molar-refractivity contribution in [2.75, 3.05) is 12.8 Å². The van der Waals surface area contributed by atoms with Gasteiger partial charge in [0.15, 0.2) is 17.3 Å². The molecule has 2 aliphatic rings. The Balaban J connectivity index is 1.57. The minimum atomic E-state index is -2.76. The topological polar surface area (TPSA) is 120 Å². The zero-order valence-electron chi connectivity index (χ0n) is 18.8. The Morgan fingerprint density at radius 1 is 1.21 bits per heavy atom. The number of aromatic nitrogens is 3. The van der Waals surface area contributed by atoms with Crippen molar-refractivity contribution >= 4 is 27.2 Å². The summed E-state index contributed by atoms with van der Waals surface area (Å²) in [5, 5.41) is 4.43. The molecule has 3 heterocycles. The van der Waals surface area contributed by atoms with Crippen LogP contribution >= 0.6 is 11.6 Å². The van der Waals surface area contributed by atoms with Crippen LogP contribution in [0.2, 0.25) is 5.02 Å². The van der Waals surface area contributed by atoms with Gasteiger partial charge in [0.2, 0.25) is 0 Å². The van der Waals surface area contributed by atoms with E-state index < -0.39 is 25.8 Å². The third-order valence-corrected chi connectivity index (χ3v) is 10.4. The molecular weight excluding hydrogens is 479 g/mol. The molecule has 1 saturated carbocycles. The smallest absolute Gasteiger partial charge is 0.181 e. The summed E-state index contributed by atoms with van der Waals surface area (Å²) in [6.45, 7) is 1.75. The van der Waals surface area contributed by atoms with Gasteiger partial charge in [-0.2, -0.15) is 0 Å². The summed E-state index contributed by atoms with van der Waals surface area (Å²) in [6, 6.07) is 6.24. The van der Waals surface area contributed by atoms with E-state index in [1.165, 1.54) is 18.5 Å². The standard InChI is InChI=1S/C23H24ClFN6O2S/c1-22(13-34(32,27-2)23(21(26)30-22)7-3-4-8-23)16-9-14(5-6-17(16)25)19-10-18(31-33-19)20-28-11-15(24)12-29-20/h5-6,9-12H,3-4,7-8,13H2,1-2H3,(H2,26,30)/t22-,34-/m0/s1. The Labute approximate surface area is 202 Å². The highest BCUT2D eigenvalue weighted by molar-refractivity contribution is 7.95. The fourth-order valence-electron chi connectivity index (χ4n) is 5.03. The van der Waals surface area contributed by atoms with E-state index in [0.717, 1.165) is 12.8 Å². The van der Waals surface area contributed by atoms with Crippen molar-refractivity contribution in [1.82, 2.24) is 15.1 Å². The van der Waals surface area contributed by atoms with Crippen LogP contribution in [0.15, 0.2) is 50.5 Å². The summed E-state index contributed by atoms with van der Waals surface area (Å²) in [5.41, 5.74) is 6.59. The second-order valence-electron chi connectivity index (χ2n) is 8.94. The molecule has 1 aliphatic heterocycles. The van der Waals surface area contributed by atoms with Crippen molar-refractivity contribution in [2.45, 2.75) is 42.9 Å². The summed E-state index contributed by atoms with van der Waals surface area (Å²) in [4.78, 5) is 13.0. The Bertz CT molecular complexity index is 1410. The van der Waals surface area contributed by atoms with Gasteiger partial charge in [0.25, 0.3) is 0 Å². The average Bonchev–Trinajstić information content (AvgIpc) is 3.50. The van der Waals surface area contributed by atoms with Gasteiger partial charge in [0, 0.05) is 36.6 Å². The van der Waals surface area contributed by atoms with Crippen LogP contribution in [0.25, 0.3) is 22.8 Å². The molecule has 0 saturated heterocycles. The molecule has 0 bridgehead atoms. The first-order chi connectivity index (χ1) is 16.2. The van der Waals surface area contributed by atoms with Gasteiger partial charge in [-0.1, -0.05) is 29.6 Å². The average molecular weight is 503 g/mol. The number of amidine groups is 1. The lowest BCUT2D eigenvalue weighted by Crippen LogP contribution is -2.56. The second kappa shape index (κ2) is 8.13. The van der Waals surface area contributed by atoms with E-state index >= 15 is 4.39 Å². The lowest BCUT2D eigenvalue weighted by molar-refractivity contribution is 0.434. The van der Waals surface area contributed by atoms with E-state index in [1.54, 1.807) is 32.2 Å². The second-order valence-corrected chi connectivity index (χ2v) is 12.1. The Hall–Kier alpha value is -2.85. The van der Waals surface area contributed by atoms with Crippen LogP contribution in [0.4, 0.5) is 4.39 Å². The number of rotatable bonds is 3. The van der Waals surface area contributed by atoms with E-state index in [-0.39, 0.29) is 11.3 Å². The van der Waals surface area contributed by atoms with Crippen LogP contribution in [-0.4, -0.2) is 42.7 Å². The highest BCUT2D eigenvalue weighted by Crippen LogP contribution is 2.46. The zero-order valence-corrected chi connectivity index (χ0v) is 20.4. The Morgan fingerprint density at radius 3 is 2.59 bits per heavy atom. The molecule has 1 aromatic carbocycles. The predicted octanol–water partition coefficient (Wildman–Crippen LogP) is 4.59. The first-order valence-electron chi connectivity index (χ1n) is 10.9. The quantitative estimate of drug-likeness (QED) is 0.559. The fraction of sp³-hybridized carbons (Fsp3) is 0.391. The summed E-state index contributed by atoms with van der Waals surface area (Å²) in [5.74, 6) is 0.686. The molecule has 2 aromatic heterocycles. The van der Waals surface area contributed by atoms with Gasteiger partial charge < -0.3 is 10.3 Å². The maximum Gasteiger partial charge on any atom is 0.181 e. The monoisotopic (exact) mass is 502 g/mol. The number of halogens is 2. The van der Waals surface area contributed by atoms with Gasteiger partial charge in [-0.25, -0.2) is 22.9 Å². The normalized spacial score (nSPS) is 25.9. The summed E-state index contributed by atoms with van der Waals surface area (Å²) < 4.78 is 38.3. The SMILES string of the molecule is CN=[S@]1(=O)C[C@@](C)(c2cc(-c3cc(-c4ncc(Cl)cn4)no3)ccc2F)N=C(N)C12CCCC2. The summed E-state index contributed by atoms with van der Waals surface area (Å²) >= 11 is 5.85. The molecule has 1 aliphatic carbocycles. The molecule has 0 amide bonds. The Morgan fingerprint density at radius 2 is 1.91 bits per heavy atom. The van der Waals surface area contributed by atoms with Crippen LogP contribution in [0.1, 0.15) is 38.2 Å². The van der Waals surface area contributed by atoms with Gasteiger partial charge in [-0.15, -0.1) is 0 Å². The van der Waals surface area contributed by atoms with Gasteiger partial charge in [-0.3, -0.25) is 4.99 Å². The van der Waals surface area contributed by atoms with Gasteiger partial charge in [0.1, 0.15) is 21.9 Å². The van der Waals surface area contributed by atoms with Crippen molar-refractivity contribution in [3.05, 3.63) is 53.1 Å². The number of benzene rings is 1. The van der Waals surface area contributed by atoms with Crippen molar-refractivity contribution in [3.8, 4) is 22.8 Å². The zero-order chi connectivity index (χ0) is 24.1. The van der Waals surface area contributed by atoms with Crippen molar-refractivity contribution in [2.24, 2.45) is 15.1 Å². The number of nitrogens with two attached hydrogens (primary N) is 1. The summed E-state index contributed by atoms with van der Waals surface area (Å²) in [7, 11) is -1.20. The number of aliphatic imine (C=N–C) groups is 1. The first kappa shape index (κ1) is 22.9. The van der Waals surface area contributed by atoms with Crippen LogP contribution in [0.3, 0.4) is 0 Å². The van der Waals surface area contributed by atoms with Crippen LogP contribution < -0.4 is 5.73 Å². The molecule has 5 rings (SSSR count). The highest BCUT2D eigenvalue weighted by atomic mass is 35.5. The van der Waals surface area contributed by atoms with E-state index in [1.807, 2.05) is 0 Å². The van der Waals surface area contributed by atoms with Gasteiger partial charge >= 0.3 is 0 Å². The number of hydrogen-bond donors (Lipinski definition) is 1. The van der Waals surface area contributed by atoms with E-state index in [4.69, 9.17) is 26.9 Å². The molecule has 1 spiro atoms. The molecule has 8 nitrogen and oxygen atoms in total. The molecule has 34 heavy (non-hydrogen) atoms. The largest absolute Gasteiger partial charge is 0.386 e. The Kier molecular flexibility index (Phi) is 5.48. The number of nitrogens with zero attached hydrogens (tertiary/aromatic N) is 5. The minimum Gasteiger partial charge on any atom is -0.386 e.